The second-order valence-corrected chi connectivity index (χ2v) is 5.90. The molecule has 0 fully saturated rings. The molecule has 20 heavy (non-hydrogen) atoms. The molecule has 110 valence electrons. The lowest BCUT2D eigenvalue weighted by molar-refractivity contribution is 0.0225. The van der Waals surface area contributed by atoms with Crippen molar-refractivity contribution in [3.8, 4) is 5.75 Å². The summed E-state index contributed by atoms with van der Waals surface area (Å²) in [5, 5.41) is 0. The van der Waals surface area contributed by atoms with Gasteiger partial charge >= 0.3 is 6.09 Å². The van der Waals surface area contributed by atoms with Gasteiger partial charge in [0.25, 0.3) is 0 Å². The number of nitrogens with zero attached hydrogens (tertiary/aromatic N) is 1. The van der Waals surface area contributed by atoms with Crippen molar-refractivity contribution >= 4 is 6.09 Å². The van der Waals surface area contributed by atoms with Crippen molar-refractivity contribution in [3.63, 3.8) is 0 Å². The van der Waals surface area contributed by atoms with Gasteiger partial charge in [0, 0.05) is 12.1 Å². The summed E-state index contributed by atoms with van der Waals surface area (Å²) in [7, 11) is 0. The SMILES string of the molecule is CC(C)(C)OC(=O)N1CCOc2ccc(CN)cc2C1. The van der Waals surface area contributed by atoms with Gasteiger partial charge in [-0.2, -0.15) is 0 Å². The quantitative estimate of drug-likeness (QED) is 0.856. The summed E-state index contributed by atoms with van der Waals surface area (Å²) in [6, 6.07) is 5.84. The minimum atomic E-state index is -0.494. The molecule has 0 aliphatic carbocycles. The van der Waals surface area contributed by atoms with Gasteiger partial charge in [-0.15, -0.1) is 0 Å². The van der Waals surface area contributed by atoms with Crippen LogP contribution in [0, 0.1) is 0 Å². The van der Waals surface area contributed by atoms with E-state index in [1.165, 1.54) is 0 Å². The Morgan fingerprint density at radius 3 is 2.85 bits per heavy atom. The first-order valence-electron chi connectivity index (χ1n) is 6.81. The second kappa shape index (κ2) is 5.71. The van der Waals surface area contributed by atoms with Crippen LogP contribution >= 0.6 is 0 Å². The lowest BCUT2D eigenvalue weighted by Crippen LogP contribution is -2.37. The highest BCUT2D eigenvalue weighted by Crippen LogP contribution is 2.25. The molecule has 0 spiro atoms. The number of carbonyl (C=O) groups is 1. The zero-order chi connectivity index (χ0) is 14.8. The Balaban J connectivity index is 2.16. The maximum Gasteiger partial charge on any atom is 0.410 e. The van der Waals surface area contributed by atoms with Crippen molar-refractivity contribution < 1.29 is 14.3 Å². The summed E-state index contributed by atoms with van der Waals surface area (Å²) < 4.78 is 11.1. The molecule has 5 heteroatoms. The minimum absolute atomic E-state index is 0.313. The van der Waals surface area contributed by atoms with Crippen LogP contribution in [0.25, 0.3) is 0 Å². The maximum atomic E-state index is 12.2. The van der Waals surface area contributed by atoms with E-state index in [9.17, 15) is 4.79 Å². The van der Waals surface area contributed by atoms with Crippen LogP contribution in [-0.4, -0.2) is 29.7 Å². The molecule has 0 unspecified atom stereocenters. The van der Waals surface area contributed by atoms with Crippen molar-refractivity contribution in [2.24, 2.45) is 5.73 Å². The highest BCUT2D eigenvalue weighted by molar-refractivity contribution is 5.68. The monoisotopic (exact) mass is 278 g/mol. The van der Waals surface area contributed by atoms with Crippen molar-refractivity contribution in [3.05, 3.63) is 29.3 Å². The molecular weight excluding hydrogens is 256 g/mol. The molecule has 0 saturated heterocycles. The average Bonchev–Trinajstić information content (AvgIpc) is 2.57. The highest BCUT2D eigenvalue weighted by atomic mass is 16.6. The predicted octanol–water partition coefficient (Wildman–Crippen LogP) is 2.27. The van der Waals surface area contributed by atoms with Gasteiger partial charge in [-0.05, 0) is 38.5 Å². The van der Waals surface area contributed by atoms with E-state index in [-0.39, 0.29) is 6.09 Å². The van der Waals surface area contributed by atoms with Gasteiger partial charge in [0.2, 0.25) is 0 Å². The molecule has 0 aromatic heterocycles. The van der Waals surface area contributed by atoms with Gasteiger partial charge in [-0.25, -0.2) is 4.79 Å². The molecule has 1 aromatic rings. The number of carbonyl (C=O) groups excluding carboxylic acids is 1. The molecule has 1 heterocycles. The molecule has 0 radical (unpaired) electrons. The topological polar surface area (TPSA) is 64.8 Å². The zero-order valence-electron chi connectivity index (χ0n) is 12.3. The van der Waals surface area contributed by atoms with E-state index in [0.29, 0.717) is 26.2 Å². The van der Waals surface area contributed by atoms with E-state index in [2.05, 4.69) is 0 Å². The number of ether oxygens (including phenoxy) is 2. The van der Waals surface area contributed by atoms with Crippen molar-refractivity contribution in [1.29, 1.82) is 0 Å². The third-order valence-corrected chi connectivity index (χ3v) is 2.99. The number of hydrogen-bond acceptors (Lipinski definition) is 4. The van der Waals surface area contributed by atoms with E-state index in [1.54, 1.807) is 4.90 Å². The Morgan fingerprint density at radius 2 is 2.20 bits per heavy atom. The summed E-state index contributed by atoms with van der Waals surface area (Å²) in [6.07, 6.45) is -0.313. The Morgan fingerprint density at radius 1 is 1.45 bits per heavy atom. The minimum Gasteiger partial charge on any atom is -0.491 e. The first-order valence-corrected chi connectivity index (χ1v) is 6.81. The van der Waals surface area contributed by atoms with Crippen LogP contribution in [-0.2, 0) is 17.8 Å². The van der Waals surface area contributed by atoms with Crippen LogP contribution in [0.2, 0.25) is 0 Å². The third kappa shape index (κ3) is 3.63. The molecule has 2 rings (SSSR count). The van der Waals surface area contributed by atoms with E-state index >= 15 is 0 Å². The molecule has 0 atom stereocenters. The normalized spacial score (nSPS) is 15.1. The molecule has 0 bridgehead atoms. The smallest absolute Gasteiger partial charge is 0.410 e. The van der Waals surface area contributed by atoms with Crippen LogP contribution in [0.3, 0.4) is 0 Å². The molecular formula is C15H22N2O3. The summed E-state index contributed by atoms with van der Waals surface area (Å²) >= 11 is 0. The predicted molar refractivity (Wildman–Crippen MR) is 76.5 cm³/mol. The van der Waals surface area contributed by atoms with Gasteiger partial charge < -0.3 is 20.1 Å². The maximum absolute atomic E-state index is 12.2. The van der Waals surface area contributed by atoms with E-state index in [1.807, 2.05) is 39.0 Å². The van der Waals surface area contributed by atoms with Crippen LogP contribution < -0.4 is 10.5 Å². The van der Waals surface area contributed by atoms with Crippen molar-refractivity contribution in [2.75, 3.05) is 13.2 Å². The van der Waals surface area contributed by atoms with Crippen LogP contribution in [0.15, 0.2) is 18.2 Å². The van der Waals surface area contributed by atoms with Gasteiger partial charge in [0.1, 0.15) is 18.0 Å². The summed E-state index contributed by atoms with van der Waals surface area (Å²) in [5.41, 5.74) is 7.15. The fourth-order valence-corrected chi connectivity index (χ4v) is 2.06. The Bertz CT molecular complexity index is 494. The first-order chi connectivity index (χ1) is 9.39. The molecule has 1 aromatic carbocycles. The molecule has 1 aliphatic heterocycles. The number of benzene rings is 1. The summed E-state index contributed by atoms with van der Waals surface area (Å²) in [6.45, 7) is 7.52. The highest BCUT2D eigenvalue weighted by Gasteiger charge is 2.25. The zero-order valence-corrected chi connectivity index (χ0v) is 12.3. The Hall–Kier alpha value is -1.75. The van der Waals surface area contributed by atoms with Gasteiger partial charge in [-0.1, -0.05) is 6.07 Å². The van der Waals surface area contributed by atoms with E-state index in [0.717, 1.165) is 16.9 Å². The van der Waals surface area contributed by atoms with E-state index < -0.39 is 5.60 Å². The molecule has 1 aliphatic rings. The second-order valence-electron chi connectivity index (χ2n) is 5.90. The van der Waals surface area contributed by atoms with Crippen molar-refractivity contribution in [1.82, 2.24) is 4.90 Å². The van der Waals surface area contributed by atoms with Gasteiger partial charge in [0.05, 0.1) is 13.1 Å². The standard InChI is InChI=1S/C15H22N2O3/c1-15(2,3)20-14(18)17-6-7-19-13-5-4-11(9-16)8-12(13)10-17/h4-5,8H,6-7,9-10,16H2,1-3H3. The number of nitrogens with two attached hydrogens (primary N) is 1. The summed E-state index contributed by atoms with van der Waals surface area (Å²) in [5.74, 6) is 0.813. The van der Waals surface area contributed by atoms with Gasteiger partial charge in [-0.3, -0.25) is 0 Å². The fraction of sp³-hybridized carbons (Fsp3) is 0.533. The Labute approximate surface area is 119 Å². The summed E-state index contributed by atoms with van der Waals surface area (Å²) in [4.78, 5) is 13.8. The fourth-order valence-electron chi connectivity index (χ4n) is 2.06. The number of hydrogen-bond donors (Lipinski definition) is 1. The Kier molecular flexibility index (Phi) is 4.18. The molecule has 0 saturated carbocycles. The number of rotatable bonds is 1. The average molecular weight is 278 g/mol. The third-order valence-electron chi connectivity index (χ3n) is 2.99. The van der Waals surface area contributed by atoms with Gasteiger partial charge in [0.15, 0.2) is 0 Å². The van der Waals surface area contributed by atoms with E-state index in [4.69, 9.17) is 15.2 Å². The van der Waals surface area contributed by atoms with Crippen LogP contribution in [0.1, 0.15) is 31.9 Å². The number of amides is 1. The number of fused-ring (bicyclic) bond motifs is 1. The lowest BCUT2D eigenvalue weighted by Gasteiger charge is -2.26. The van der Waals surface area contributed by atoms with Crippen LogP contribution in [0.4, 0.5) is 4.79 Å². The lowest BCUT2D eigenvalue weighted by atomic mass is 10.1. The molecule has 2 N–H and O–H groups in total. The first kappa shape index (κ1) is 14.7. The largest absolute Gasteiger partial charge is 0.491 e. The van der Waals surface area contributed by atoms with Crippen LogP contribution in [0.5, 0.6) is 5.75 Å². The molecule has 5 nitrogen and oxygen atoms in total. The molecule has 1 amide bonds. The van der Waals surface area contributed by atoms with Crippen molar-refractivity contribution in [2.45, 2.75) is 39.5 Å².